The number of imidazole rings is 1. The van der Waals surface area contributed by atoms with E-state index >= 15 is 0 Å². The molecular formula is C18H18N2O2. The quantitative estimate of drug-likeness (QED) is 0.689. The van der Waals surface area contributed by atoms with Crippen LogP contribution in [-0.4, -0.2) is 15.5 Å². The molecular weight excluding hydrogens is 276 g/mol. The van der Waals surface area contributed by atoms with Crippen molar-refractivity contribution in [3.05, 3.63) is 66.0 Å². The Kier molecular flexibility index (Phi) is 3.92. The van der Waals surface area contributed by atoms with Crippen LogP contribution in [0, 0.1) is 0 Å². The molecule has 0 radical (unpaired) electrons. The van der Waals surface area contributed by atoms with E-state index < -0.39 is 0 Å². The van der Waals surface area contributed by atoms with Crippen molar-refractivity contribution in [1.82, 2.24) is 9.55 Å². The van der Waals surface area contributed by atoms with Gasteiger partial charge in [-0.05, 0) is 24.6 Å². The fraction of sp³-hybridized carbons (Fsp3) is 0.222. The molecule has 0 fully saturated rings. The zero-order valence-corrected chi connectivity index (χ0v) is 12.7. The van der Waals surface area contributed by atoms with E-state index in [1.165, 1.54) is 12.5 Å². The first kappa shape index (κ1) is 14.3. The zero-order chi connectivity index (χ0) is 15.5. The summed E-state index contributed by atoms with van der Waals surface area (Å²) in [7, 11) is 0. The van der Waals surface area contributed by atoms with E-state index in [1.54, 1.807) is 0 Å². The largest absolute Gasteiger partial charge is 0.455 e. The number of carbonyl (C=O) groups is 1. The predicted molar refractivity (Wildman–Crippen MR) is 85.5 cm³/mol. The van der Waals surface area contributed by atoms with Gasteiger partial charge in [-0.25, -0.2) is 4.98 Å². The first-order valence-electron chi connectivity index (χ1n) is 7.31. The Bertz CT molecular complexity index is 793. The van der Waals surface area contributed by atoms with Crippen LogP contribution < -0.4 is 0 Å². The molecule has 0 bridgehead atoms. The highest BCUT2D eigenvalue weighted by atomic mass is 16.5. The van der Waals surface area contributed by atoms with Gasteiger partial charge in [-0.15, -0.1) is 0 Å². The number of hydrogen-bond acceptors (Lipinski definition) is 3. The van der Waals surface area contributed by atoms with E-state index in [4.69, 9.17) is 4.74 Å². The average Bonchev–Trinajstić information content (AvgIpc) is 2.87. The van der Waals surface area contributed by atoms with Crippen molar-refractivity contribution in [1.29, 1.82) is 0 Å². The van der Waals surface area contributed by atoms with Gasteiger partial charge in [-0.1, -0.05) is 42.5 Å². The fourth-order valence-corrected chi connectivity index (χ4v) is 2.64. The molecule has 1 heterocycles. The highest BCUT2D eigenvalue weighted by Crippen LogP contribution is 2.24. The van der Waals surface area contributed by atoms with E-state index in [-0.39, 0.29) is 12.1 Å². The number of rotatable bonds is 4. The van der Waals surface area contributed by atoms with Crippen LogP contribution in [0.25, 0.3) is 11.0 Å². The van der Waals surface area contributed by atoms with Crippen molar-refractivity contribution in [2.45, 2.75) is 26.5 Å². The molecule has 0 unspecified atom stereocenters. The normalized spacial score (nSPS) is 12.3. The minimum absolute atomic E-state index is 0.300. The van der Waals surface area contributed by atoms with Gasteiger partial charge < -0.3 is 9.30 Å². The Hall–Kier alpha value is -2.62. The van der Waals surface area contributed by atoms with Crippen molar-refractivity contribution in [2.24, 2.45) is 0 Å². The van der Waals surface area contributed by atoms with Crippen LogP contribution in [0.1, 0.15) is 31.3 Å². The maximum absolute atomic E-state index is 11.3. The van der Waals surface area contributed by atoms with Crippen LogP contribution in [0.5, 0.6) is 0 Å². The first-order chi connectivity index (χ1) is 10.6. The lowest BCUT2D eigenvalue weighted by Crippen LogP contribution is -2.12. The predicted octanol–water partition coefficient (Wildman–Crippen LogP) is 3.71. The average molecular weight is 294 g/mol. The van der Waals surface area contributed by atoms with Crippen molar-refractivity contribution in [3.8, 4) is 0 Å². The summed E-state index contributed by atoms with van der Waals surface area (Å²) in [5, 5.41) is 0. The van der Waals surface area contributed by atoms with Gasteiger partial charge in [0, 0.05) is 13.5 Å². The minimum atomic E-state index is -0.381. The maximum Gasteiger partial charge on any atom is 0.303 e. The van der Waals surface area contributed by atoms with Crippen LogP contribution in [-0.2, 0) is 16.1 Å². The number of esters is 1. The Morgan fingerprint density at radius 2 is 1.82 bits per heavy atom. The number of aromatic nitrogens is 2. The van der Waals surface area contributed by atoms with Crippen LogP contribution in [0.2, 0.25) is 0 Å². The van der Waals surface area contributed by atoms with E-state index in [9.17, 15) is 4.79 Å². The molecule has 0 spiro atoms. The molecule has 4 nitrogen and oxygen atoms in total. The number of fused-ring (bicyclic) bond motifs is 1. The minimum Gasteiger partial charge on any atom is -0.455 e. The molecule has 0 saturated carbocycles. The molecule has 0 saturated heterocycles. The molecule has 0 aliphatic rings. The third-order valence-electron chi connectivity index (χ3n) is 3.57. The molecule has 3 rings (SSSR count). The van der Waals surface area contributed by atoms with Gasteiger partial charge in [0.2, 0.25) is 0 Å². The molecule has 112 valence electrons. The molecule has 1 atom stereocenters. The van der Waals surface area contributed by atoms with Gasteiger partial charge in [-0.3, -0.25) is 4.79 Å². The molecule has 0 aliphatic carbocycles. The third-order valence-corrected chi connectivity index (χ3v) is 3.57. The summed E-state index contributed by atoms with van der Waals surface area (Å²) in [4.78, 5) is 15.9. The second-order valence-corrected chi connectivity index (χ2v) is 5.28. The second kappa shape index (κ2) is 6.02. The van der Waals surface area contributed by atoms with E-state index in [1.807, 2.05) is 49.4 Å². The third kappa shape index (κ3) is 2.86. The summed E-state index contributed by atoms with van der Waals surface area (Å²) < 4.78 is 7.43. The molecule has 0 aliphatic heterocycles. The van der Waals surface area contributed by atoms with Crippen molar-refractivity contribution < 1.29 is 9.53 Å². The smallest absolute Gasteiger partial charge is 0.303 e. The first-order valence-corrected chi connectivity index (χ1v) is 7.31. The van der Waals surface area contributed by atoms with Crippen LogP contribution in [0.15, 0.2) is 54.6 Å². The summed E-state index contributed by atoms with van der Waals surface area (Å²) in [6.45, 7) is 3.97. The topological polar surface area (TPSA) is 44.1 Å². The van der Waals surface area contributed by atoms with E-state index in [0.29, 0.717) is 6.54 Å². The lowest BCUT2D eigenvalue weighted by Gasteiger charge is -2.15. The SMILES string of the molecule is CC(=O)O[C@H](C)c1nc2ccccc2n1Cc1ccccc1. The number of para-hydroxylation sites is 2. The number of carbonyl (C=O) groups excluding carboxylic acids is 1. The van der Waals surface area contributed by atoms with Crippen molar-refractivity contribution >= 4 is 17.0 Å². The Labute approximate surface area is 129 Å². The van der Waals surface area contributed by atoms with Crippen molar-refractivity contribution in [3.63, 3.8) is 0 Å². The number of benzene rings is 2. The highest BCUT2D eigenvalue weighted by molar-refractivity contribution is 5.76. The number of hydrogen-bond donors (Lipinski definition) is 0. The monoisotopic (exact) mass is 294 g/mol. The Balaban J connectivity index is 2.06. The van der Waals surface area contributed by atoms with E-state index in [0.717, 1.165) is 16.9 Å². The standard InChI is InChI=1S/C18H18N2O2/c1-13(22-14(2)21)18-19-16-10-6-7-11-17(16)20(18)12-15-8-4-3-5-9-15/h3-11,13H,12H2,1-2H3/t13-/m1/s1. The number of nitrogens with zero attached hydrogens (tertiary/aromatic N) is 2. The van der Waals surface area contributed by atoms with Gasteiger partial charge in [-0.2, -0.15) is 0 Å². The summed E-state index contributed by atoms with van der Waals surface area (Å²) >= 11 is 0. The molecule has 22 heavy (non-hydrogen) atoms. The zero-order valence-electron chi connectivity index (χ0n) is 12.7. The van der Waals surface area contributed by atoms with Crippen LogP contribution in [0.4, 0.5) is 0 Å². The molecule has 0 N–H and O–H groups in total. The molecule has 0 amide bonds. The van der Waals surface area contributed by atoms with Gasteiger partial charge in [0.25, 0.3) is 0 Å². The second-order valence-electron chi connectivity index (χ2n) is 5.28. The Morgan fingerprint density at radius 3 is 2.55 bits per heavy atom. The summed E-state index contributed by atoms with van der Waals surface area (Å²) in [5.74, 6) is 0.464. The lowest BCUT2D eigenvalue weighted by molar-refractivity contribution is -0.146. The summed E-state index contributed by atoms with van der Waals surface area (Å²) in [5.41, 5.74) is 3.13. The van der Waals surface area contributed by atoms with Crippen molar-refractivity contribution in [2.75, 3.05) is 0 Å². The van der Waals surface area contributed by atoms with E-state index in [2.05, 4.69) is 21.7 Å². The molecule has 4 heteroatoms. The highest BCUT2D eigenvalue weighted by Gasteiger charge is 2.18. The van der Waals surface area contributed by atoms with Gasteiger partial charge in [0.05, 0.1) is 11.0 Å². The van der Waals surface area contributed by atoms with Gasteiger partial charge in [0.1, 0.15) is 0 Å². The molecule has 2 aromatic carbocycles. The summed E-state index contributed by atoms with van der Waals surface area (Å²) in [6, 6.07) is 18.2. The van der Waals surface area contributed by atoms with Gasteiger partial charge >= 0.3 is 5.97 Å². The number of ether oxygens (including phenoxy) is 1. The fourth-order valence-electron chi connectivity index (χ4n) is 2.64. The molecule has 1 aromatic heterocycles. The molecule has 3 aromatic rings. The van der Waals surface area contributed by atoms with Crippen LogP contribution in [0.3, 0.4) is 0 Å². The van der Waals surface area contributed by atoms with Gasteiger partial charge in [0.15, 0.2) is 11.9 Å². The summed E-state index contributed by atoms with van der Waals surface area (Å²) in [6.07, 6.45) is -0.381. The Morgan fingerprint density at radius 1 is 1.14 bits per heavy atom. The van der Waals surface area contributed by atoms with Crippen LogP contribution >= 0.6 is 0 Å². The maximum atomic E-state index is 11.3. The lowest BCUT2D eigenvalue weighted by atomic mass is 10.2.